The topological polar surface area (TPSA) is 167 Å². The summed E-state index contributed by atoms with van der Waals surface area (Å²) in [5, 5.41) is 25.8. The predicted molar refractivity (Wildman–Crippen MR) is 130 cm³/mol. The van der Waals surface area contributed by atoms with Crippen molar-refractivity contribution in [2.24, 2.45) is 29.4 Å². The SMILES string of the molecule is CN(C)C1C(=O)C(C(N)=O)C(=O)[C@]2(O)C(=O)C3C(=O)c4c(O)ccc(CNC5CCCC5)c4C[C@@H]3C[C@H]12. The van der Waals surface area contributed by atoms with Crippen molar-refractivity contribution in [2.75, 3.05) is 14.1 Å². The largest absolute Gasteiger partial charge is 0.507 e. The number of phenolic OH excluding ortho intramolecular Hbond substituents is 1. The number of rotatable bonds is 5. The van der Waals surface area contributed by atoms with Gasteiger partial charge in [-0.25, -0.2) is 0 Å². The molecule has 198 valence electrons. The van der Waals surface area contributed by atoms with Gasteiger partial charge in [0.25, 0.3) is 0 Å². The number of carbonyl (C=O) groups is 5. The number of nitrogens with one attached hydrogen (secondary N) is 1. The summed E-state index contributed by atoms with van der Waals surface area (Å²) < 4.78 is 0. The van der Waals surface area contributed by atoms with Crippen molar-refractivity contribution >= 4 is 29.0 Å². The van der Waals surface area contributed by atoms with Gasteiger partial charge in [0.2, 0.25) is 5.91 Å². The molecule has 1 amide bonds. The number of phenols is 1. The number of likely N-dealkylation sites (N-methyl/N-ethyl adjacent to an activating group) is 1. The van der Waals surface area contributed by atoms with Gasteiger partial charge in [0, 0.05) is 18.5 Å². The van der Waals surface area contributed by atoms with E-state index < -0.39 is 64.4 Å². The third-order valence-corrected chi connectivity index (χ3v) is 8.98. The third-order valence-electron chi connectivity index (χ3n) is 8.98. The van der Waals surface area contributed by atoms with E-state index in [-0.39, 0.29) is 24.2 Å². The molecule has 3 saturated carbocycles. The molecule has 0 spiro atoms. The molecule has 0 aliphatic heterocycles. The summed E-state index contributed by atoms with van der Waals surface area (Å²) in [6.45, 7) is 0.511. The Bertz CT molecular complexity index is 1200. The first-order valence-electron chi connectivity index (χ1n) is 12.9. The summed E-state index contributed by atoms with van der Waals surface area (Å²) >= 11 is 0. The number of nitrogens with two attached hydrogens (primary N) is 1. The highest BCUT2D eigenvalue weighted by Crippen LogP contribution is 2.51. The molecule has 0 aromatic heterocycles. The van der Waals surface area contributed by atoms with Gasteiger partial charge in [-0.1, -0.05) is 18.9 Å². The molecule has 5 N–H and O–H groups in total. The van der Waals surface area contributed by atoms with Crippen LogP contribution in [0.4, 0.5) is 0 Å². The Labute approximate surface area is 214 Å². The van der Waals surface area contributed by atoms with Gasteiger partial charge in [0.05, 0.1) is 17.5 Å². The number of primary amides is 1. The average Bonchev–Trinajstić information content (AvgIpc) is 3.34. The standard InChI is InChI=1S/C27H33N3O7/c1-30(2)21-16-10-13-9-15-12(11-29-14-5-3-4-6-14)7-8-17(31)19(15)22(32)18(13)24(34)27(16,37)25(35)20(23(21)33)26(28)36/h7-8,13-14,16,18,20-21,29,31,37H,3-6,9-11H2,1-2H3,(H2,28,36)/t13-,16-,18?,20?,21?,27-/m1/s1. The van der Waals surface area contributed by atoms with E-state index in [1.165, 1.54) is 23.8 Å². The Balaban J connectivity index is 1.55. The number of fused-ring (bicyclic) bond motifs is 3. The van der Waals surface area contributed by atoms with Gasteiger partial charge < -0.3 is 21.3 Å². The number of ketones is 4. The number of nitrogens with zero attached hydrogens (tertiary/aromatic N) is 1. The smallest absolute Gasteiger partial charge is 0.235 e. The highest BCUT2D eigenvalue weighted by molar-refractivity contribution is 6.32. The van der Waals surface area contributed by atoms with Crippen LogP contribution in [-0.2, 0) is 32.1 Å². The van der Waals surface area contributed by atoms with E-state index in [0.29, 0.717) is 18.2 Å². The number of hydrogen-bond donors (Lipinski definition) is 4. The number of Topliss-reactive ketones (excluding diaryl/α,β-unsaturated/α-hetero) is 4. The van der Waals surface area contributed by atoms with Gasteiger partial charge in [-0.2, -0.15) is 0 Å². The summed E-state index contributed by atoms with van der Waals surface area (Å²) in [5.41, 5.74) is 4.19. The predicted octanol–water partition coefficient (Wildman–Crippen LogP) is -0.101. The Morgan fingerprint density at radius 2 is 1.81 bits per heavy atom. The second kappa shape index (κ2) is 9.11. The van der Waals surface area contributed by atoms with Crippen LogP contribution in [0.1, 0.15) is 53.6 Å². The number of aliphatic hydroxyl groups is 1. The van der Waals surface area contributed by atoms with Gasteiger partial charge >= 0.3 is 0 Å². The molecule has 6 atom stereocenters. The molecule has 3 fully saturated rings. The zero-order valence-corrected chi connectivity index (χ0v) is 21.0. The van der Waals surface area contributed by atoms with E-state index in [4.69, 9.17) is 5.73 Å². The van der Waals surface area contributed by atoms with E-state index in [1.54, 1.807) is 20.2 Å². The first kappa shape index (κ1) is 25.7. The van der Waals surface area contributed by atoms with Crippen molar-refractivity contribution in [3.63, 3.8) is 0 Å². The van der Waals surface area contributed by atoms with Crippen LogP contribution in [0.15, 0.2) is 12.1 Å². The van der Waals surface area contributed by atoms with Crippen LogP contribution >= 0.6 is 0 Å². The number of carbonyl (C=O) groups excluding carboxylic acids is 5. The van der Waals surface area contributed by atoms with Crippen LogP contribution in [0.25, 0.3) is 0 Å². The molecule has 1 aromatic carbocycles. The minimum absolute atomic E-state index is 0.0392. The Hall–Kier alpha value is -2.95. The maximum Gasteiger partial charge on any atom is 0.235 e. The second-order valence-corrected chi connectivity index (χ2v) is 11.2. The van der Waals surface area contributed by atoms with E-state index in [0.717, 1.165) is 18.4 Å². The lowest BCUT2D eigenvalue weighted by Crippen LogP contribution is -2.74. The highest BCUT2D eigenvalue weighted by Gasteiger charge is 2.69. The molecule has 4 aliphatic rings. The fraction of sp³-hybridized carbons (Fsp3) is 0.593. The quantitative estimate of drug-likeness (QED) is 0.395. The van der Waals surface area contributed by atoms with E-state index in [2.05, 4.69) is 5.32 Å². The summed E-state index contributed by atoms with van der Waals surface area (Å²) in [5.74, 6) is -10.2. The second-order valence-electron chi connectivity index (χ2n) is 11.2. The van der Waals surface area contributed by atoms with E-state index in [9.17, 15) is 34.2 Å². The van der Waals surface area contributed by atoms with Crippen LogP contribution in [-0.4, -0.2) is 75.9 Å². The summed E-state index contributed by atoms with van der Waals surface area (Å²) in [4.78, 5) is 67.5. The van der Waals surface area contributed by atoms with Crippen molar-refractivity contribution in [3.8, 4) is 5.75 Å². The molecule has 0 radical (unpaired) electrons. The lowest BCUT2D eigenvalue weighted by Gasteiger charge is -2.52. The van der Waals surface area contributed by atoms with E-state index in [1.807, 2.05) is 0 Å². The Kier molecular flexibility index (Phi) is 6.32. The molecule has 5 rings (SSSR count). The van der Waals surface area contributed by atoms with Crippen molar-refractivity contribution in [3.05, 3.63) is 28.8 Å². The van der Waals surface area contributed by atoms with Gasteiger partial charge in [-0.3, -0.25) is 28.9 Å². The molecule has 10 heteroatoms. The lowest BCUT2D eigenvalue weighted by molar-refractivity contribution is -0.181. The minimum Gasteiger partial charge on any atom is -0.507 e. The number of amides is 1. The zero-order valence-electron chi connectivity index (χ0n) is 21.0. The molecule has 4 aliphatic carbocycles. The number of benzene rings is 1. The maximum atomic E-state index is 13.8. The molecule has 0 saturated heterocycles. The van der Waals surface area contributed by atoms with Crippen molar-refractivity contribution in [2.45, 2.75) is 62.8 Å². The monoisotopic (exact) mass is 511 g/mol. The Morgan fingerprint density at radius 3 is 2.43 bits per heavy atom. The molecule has 0 bridgehead atoms. The lowest BCUT2D eigenvalue weighted by atomic mass is 9.52. The highest BCUT2D eigenvalue weighted by atomic mass is 16.3. The fourth-order valence-corrected chi connectivity index (χ4v) is 7.22. The molecule has 1 aromatic rings. The molecule has 0 heterocycles. The summed E-state index contributed by atoms with van der Waals surface area (Å²) in [6, 6.07) is 2.50. The van der Waals surface area contributed by atoms with Crippen molar-refractivity contribution in [1.29, 1.82) is 0 Å². The van der Waals surface area contributed by atoms with Crippen LogP contribution in [0.5, 0.6) is 5.75 Å². The maximum absolute atomic E-state index is 13.8. The molecular weight excluding hydrogens is 478 g/mol. The number of aromatic hydroxyl groups is 1. The average molecular weight is 512 g/mol. The van der Waals surface area contributed by atoms with Gasteiger partial charge in [-0.15, -0.1) is 0 Å². The normalized spacial score (nSPS) is 33.9. The molecule has 3 unspecified atom stereocenters. The fourth-order valence-electron chi connectivity index (χ4n) is 7.22. The van der Waals surface area contributed by atoms with Crippen LogP contribution < -0.4 is 11.1 Å². The molecule has 10 nitrogen and oxygen atoms in total. The molecular formula is C27H33N3O7. The first-order chi connectivity index (χ1) is 17.5. The first-order valence-corrected chi connectivity index (χ1v) is 12.9. The summed E-state index contributed by atoms with van der Waals surface area (Å²) in [6.07, 6.45) is 4.83. The van der Waals surface area contributed by atoms with Crippen molar-refractivity contribution in [1.82, 2.24) is 10.2 Å². The zero-order chi connectivity index (χ0) is 26.8. The Morgan fingerprint density at radius 1 is 1.14 bits per heavy atom. The van der Waals surface area contributed by atoms with Crippen LogP contribution in [0.3, 0.4) is 0 Å². The van der Waals surface area contributed by atoms with Crippen molar-refractivity contribution < 1.29 is 34.2 Å². The van der Waals surface area contributed by atoms with Gasteiger partial charge in [0.15, 0.2) is 34.7 Å². The summed E-state index contributed by atoms with van der Waals surface area (Å²) in [7, 11) is 3.14. The van der Waals surface area contributed by atoms with Crippen LogP contribution in [0, 0.1) is 23.7 Å². The van der Waals surface area contributed by atoms with E-state index >= 15 is 0 Å². The number of hydrogen-bond acceptors (Lipinski definition) is 9. The minimum atomic E-state index is -2.70. The molecule has 37 heavy (non-hydrogen) atoms. The van der Waals surface area contributed by atoms with Gasteiger partial charge in [0.1, 0.15) is 5.75 Å². The van der Waals surface area contributed by atoms with Crippen LogP contribution in [0.2, 0.25) is 0 Å². The van der Waals surface area contributed by atoms with Gasteiger partial charge in [-0.05, 0) is 62.9 Å². The third kappa shape index (κ3) is 3.76.